The first-order valence-corrected chi connectivity index (χ1v) is 6.87. The fourth-order valence-corrected chi connectivity index (χ4v) is 2.59. The van der Waals surface area contributed by atoms with Crippen LogP contribution in [0.2, 0.25) is 0 Å². The molecule has 1 N–H and O–H groups in total. The van der Waals surface area contributed by atoms with E-state index >= 15 is 0 Å². The molecule has 1 aliphatic rings. The summed E-state index contributed by atoms with van der Waals surface area (Å²) in [4.78, 5) is 11.8. The summed E-state index contributed by atoms with van der Waals surface area (Å²) in [7, 11) is 3.61. The van der Waals surface area contributed by atoms with Crippen LogP contribution in [0.5, 0.6) is 0 Å². The topological polar surface area (TPSA) is 56.1 Å². The lowest BCUT2D eigenvalue weighted by atomic mass is 9.69. The Morgan fingerprint density at radius 1 is 1.58 bits per heavy atom. The molecule has 2 rings (SSSR count). The molecular weight excluding hydrogens is 242 g/mol. The molecule has 0 aromatic carbocycles. The van der Waals surface area contributed by atoms with E-state index in [0.29, 0.717) is 6.42 Å². The second kappa shape index (κ2) is 6.19. The Hall–Kier alpha value is -1.36. The zero-order valence-corrected chi connectivity index (χ0v) is 11.8. The van der Waals surface area contributed by atoms with Crippen molar-refractivity contribution in [1.29, 1.82) is 0 Å². The molecule has 106 valence electrons. The Balaban J connectivity index is 1.69. The summed E-state index contributed by atoms with van der Waals surface area (Å²) in [6, 6.07) is 0. The van der Waals surface area contributed by atoms with Crippen LogP contribution in [0.3, 0.4) is 0 Å². The molecule has 0 saturated heterocycles. The van der Waals surface area contributed by atoms with Gasteiger partial charge in [-0.1, -0.05) is 6.42 Å². The quantitative estimate of drug-likeness (QED) is 0.808. The van der Waals surface area contributed by atoms with Crippen LogP contribution in [0.15, 0.2) is 12.4 Å². The van der Waals surface area contributed by atoms with Crippen LogP contribution in [-0.4, -0.2) is 35.9 Å². The minimum Gasteiger partial charge on any atom is -0.384 e. The van der Waals surface area contributed by atoms with Gasteiger partial charge in [0.15, 0.2) is 0 Å². The van der Waals surface area contributed by atoms with Gasteiger partial charge in [-0.05, 0) is 24.8 Å². The minimum atomic E-state index is 0.117. The van der Waals surface area contributed by atoms with Crippen molar-refractivity contribution in [3.05, 3.63) is 18.0 Å². The van der Waals surface area contributed by atoms with E-state index in [1.54, 1.807) is 11.8 Å². The summed E-state index contributed by atoms with van der Waals surface area (Å²) in [5, 5.41) is 7.14. The summed E-state index contributed by atoms with van der Waals surface area (Å²) < 4.78 is 7.01. The molecule has 1 aromatic rings. The molecule has 0 atom stereocenters. The first kappa shape index (κ1) is 14.1. The standard InChI is InChI=1S/C14H23N3O2/c1-17-9-12(8-16-17)4-5-13(18)15-10-14(11-19-2)6-3-7-14/h8-9H,3-7,10-11H2,1-2H3,(H,15,18). The van der Waals surface area contributed by atoms with Crippen molar-refractivity contribution in [2.24, 2.45) is 12.5 Å². The van der Waals surface area contributed by atoms with Crippen LogP contribution in [0.25, 0.3) is 0 Å². The number of carbonyl (C=O) groups excluding carboxylic acids is 1. The van der Waals surface area contributed by atoms with Gasteiger partial charge in [0.25, 0.3) is 0 Å². The average molecular weight is 265 g/mol. The number of hydrogen-bond acceptors (Lipinski definition) is 3. The lowest BCUT2D eigenvalue weighted by Crippen LogP contribution is -2.45. The van der Waals surface area contributed by atoms with Crippen LogP contribution in [-0.2, 0) is 23.0 Å². The maximum atomic E-state index is 11.8. The second-order valence-corrected chi connectivity index (χ2v) is 5.59. The van der Waals surface area contributed by atoms with E-state index in [9.17, 15) is 4.79 Å². The Morgan fingerprint density at radius 3 is 2.89 bits per heavy atom. The first-order chi connectivity index (χ1) is 9.13. The van der Waals surface area contributed by atoms with Crippen molar-refractivity contribution in [2.45, 2.75) is 32.1 Å². The third-order valence-corrected chi connectivity index (χ3v) is 3.92. The summed E-state index contributed by atoms with van der Waals surface area (Å²) in [6.45, 7) is 1.49. The van der Waals surface area contributed by atoms with Crippen LogP contribution < -0.4 is 5.32 Å². The van der Waals surface area contributed by atoms with Crippen molar-refractivity contribution < 1.29 is 9.53 Å². The number of aryl methyl sites for hydroxylation is 2. The fraction of sp³-hybridized carbons (Fsp3) is 0.714. The predicted molar refractivity (Wildman–Crippen MR) is 72.7 cm³/mol. The maximum Gasteiger partial charge on any atom is 0.220 e. The lowest BCUT2D eigenvalue weighted by Gasteiger charge is -2.41. The maximum absolute atomic E-state index is 11.8. The summed E-state index contributed by atoms with van der Waals surface area (Å²) in [6.07, 6.45) is 8.59. The number of ether oxygens (including phenoxy) is 1. The highest BCUT2D eigenvalue weighted by molar-refractivity contribution is 5.76. The number of methoxy groups -OCH3 is 1. The van der Waals surface area contributed by atoms with Crippen molar-refractivity contribution in [1.82, 2.24) is 15.1 Å². The van der Waals surface area contributed by atoms with E-state index in [1.165, 1.54) is 6.42 Å². The van der Waals surface area contributed by atoms with Crippen LogP contribution in [0.4, 0.5) is 0 Å². The summed E-state index contributed by atoms with van der Waals surface area (Å²) in [5.41, 5.74) is 1.30. The van der Waals surface area contributed by atoms with Gasteiger partial charge in [-0.2, -0.15) is 5.10 Å². The Kier molecular flexibility index (Phi) is 4.58. The van der Waals surface area contributed by atoms with Gasteiger partial charge >= 0.3 is 0 Å². The van der Waals surface area contributed by atoms with Crippen LogP contribution >= 0.6 is 0 Å². The van der Waals surface area contributed by atoms with Crippen LogP contribution in [0.1, 0.15) is 31.2 Å². The molecule has 0 radical (unpaired) electrons. The molecule has 1 fully saturated rings. The van der Waals surface area contributed by atoms with Gasteiger partial charge in [-0.15, -0.1) is 0 Å². The normalized spacial score (nSPS) is 16.9. The van der Waals surface area contributed by atoms with Gasteiger partial charge in [0, 0.05) is 38.7 Å². The minimum absolute atomic E-state index is 0.117. The highest BCUT2D eigenvalue weighted by atomic mass is 16.5. The molecule has 19 heavy (non-hydrogen) atoms. The van der Waals surface area contributed by atoms with E-state index in [0.717, 1.165) is 38.0 Å². The Morgan fingerprint density at radius 2 is 2.37 bits per heavy atom. The molecule has 5 heteroatoms. The van der Waals surface area contributed by atoms with E-state index in [2.05, 4.69) is 10.4 Å². The van der Waals surface area contributed by atoms with E-state index < -0.39 is 0 Å². The highest BCUT2D eigenvalue weighted by Gasteiger charge is 2.37. The number of carbonyl (C=O) groups is 1. The molecule has 1 heterocycles. The van der Waals surface area contributed by atoms with Crippen molar-refractivity contribution in [2.75, 3.05) is 20.3 Å². The largest absolute Gasteiger partial charge is 0.384 e. The molecule has 0 aliphatic heterocycles. The molecule has 0 spiro atoms. The number of nitrogens with zero attached hydrogens (tertiary/aromatic N) is 2. The number of aromatic nitrogens is 2. The number of amides is 1. The van der Waals surface area contributed by atoms with Crippen molar-refractivity contribution >= 4 is 5.91 Å². The van der Waals surface area contributed by atoms with Gasteiger partial charge in [0.05, 0.1) is 12.8 Å². The molecule has 1 aromatic heterocycles. The van der Waals surface area contributed by atoms with Gasteiger partial charge in [0.1, 0.15) is 0 Å². The zero-order valence-electron chi connectivity index (χ0n) is 11.8. The van der Waals surface area contributed by atoms with E-state index in [4.69, 9.17) is 4.74 Å². The van der Waals surface area contributed by atoms with Gasteiger partial charge in [-0.3, -0.25) is 9.48 Å². The third kappa shape index (κ3) is 3.80. The highest BCUT2D eigenvalue weighted by Crippen LogP contribution is 2.40. The second-order valence-electron chi connectivity index (χ2n) is 5.59. The number of hydrogen-bond donors (Lipinski definition) is 1. The van der Waals surface area contributed by atoms with E-state index in [-0.39, 0.29) is 11.3 Å². The zero-order chi connectivity index (χ0) is 13.7. The Bertz CT molecular complexity index is 424. The van der Waals surface area contributed by atoms with E-state index in [1.807, 2.05) is 19.4 Å². The third-order valence-electron chi connectivity index (χ3n) is 3.92. The van der Waals surface area contributed by atoms with Gasteiger partial charge in [-0.25, -0.2) is 0 Å². The molecule has 0 bridgehead atoms. The molecule has 5 nitrogen and oxygen atoms in total. The molecule has 0 unspecified atom stereocenters. The van der Waals surface area contributed by atoms with Gasteiger partial charge < -0.3 is 10.1 Å². The lowest BCUT2D eigenvalue weighted by molar-refractivity contribution is -0.122. The number of rotatable bonds is 7. The number of nitrogens with one attached hydrogen (secondary N) is 1. The average Bonchev–Trinajstić information content (AvgIpc) is 2.76. The Labute approximate surface area is 114 Å². The molecular formula is C14H23N3O2. The first-order valence-electron chi connectivity index (χ1n) is 6.87. The van der Waals surface area contributed by atoms with Crippen molar-refractivity contribution in [3.63, 3.8) is 0 Å². The summed E-state index contributed by atoms with van der Waals surface area (Å²) >= 11 is 0. The summed E-state index contributed by atoms with van der Waals surface area (Å²) in [5.74, 6) is 0.117. The monoisotopic (exact) mass is 265 g/mol. The fourth-order valence-electron chi connectivity index (χ4n) is 2.59. The van der Waals surface area contributed by atoms with Crippen LogP contribution in [0, 0.1) is 5.41 Å². The van der Waals surface area contributed by atoms with Crippen molar-refractivity contribution in [3.8, 4) is 0 Å². The molecule has 1 aliphatic carbocycles. The smallest absolute Gasteiger partial charge is 0.220 e. The molecule has 1 amide bonds. The SMILES string of the molecule is COCC1(CNC(=O)CCc2cnn(C)c2)CCC1. The van der Waals surface area contributed by atoms with Gasteiger partial charge in [0.2, 0.25) is 5.91 Å². The predicted octanol–water partition coefficient (Wildman–Crippen LogP) is 1.29. The molecule has 1 saturated carbocycles.